The minimum absolute atomic E-state index is 0.0354. The maximum atomic E-state index is 9.87. The lowest BCUT2D eigenvalue weighted by atomic mass is 10.2. The minimum atomic E-state index is -0.333. The second kappa shape index (κ2) is 6.47. The zero-order chi connectivity index (χ0) is 14.5. The Hall–Kier alpha value is -1.95. The zero-order valence-corrected chi connectivity index (χ0v) is 11.2. The Morgan fingerprint density at radius 2 is 1.65 bits per heavy atom. The molecule has 0 unspecified atom stereocenters. The van der Waals surface area contributed by atoms with E-state index in [1.54, 1.807) is 24.3 Å². The van der Waals surface area contributed by atoms with Crippen LogP contribution in [0.25, 0.3) is 0 Å². The zero-order valence-electron chi connectivity index (χ0n) is 10.5. The highest BCUT2D eigenvalue weighted by Gasteiger charge is 2.08. The van der Waals surface area contributed by atoms with Crippen LogP contribution in [0, 0.1) is 0 Å². The van der Waals surface area contributed by atoms with Gasteiger partial charge in [0.15, 0.2) is 0 Å². The van der Waals surface area contributed by atoms with Gasteiger partial charge in [0.25, 0.3) is 0 Å². The lowest BCUT2D eigenvalue weighted by Crippen LogP contribution is -1.84. The molecular weight excluding hydrogens is 280 g/mol. The van der Waals surface area contributed by atoms with Crippen molar-refractivity contribution in [3.8, 4) is 5.75 Å². The van der Waals surface area contributed by atoms with Crippen molar-refractivity contribution in [1.82, 2.24) is 0 Å². The summed E-state index contributed by atoms with van der Waals surface area (Å²) in [6.07, 6.45) is 0. The van der Waals surface area contributed by atoms with Crippen LogP contribution in [0.4, 0.5) is 11.4 Å². The molecule has 0 heterocycles. The van der Waals surface area contributed by atoms with Crippen molar-refractivity contribution < 1.29 is 15.3 Å². The summed E-state index contributed by atoms with van der Waals surface area (Å²) in [6.45, 7) is -0.369. The number of benzene rings is 2. The van der Waals surface area contributed by atoms with E-state index in [0.717, 1.165) is 5.56 Å². The molecule has 2 rings (SSSR count). The average Bonchev–Trinajstić information content (AvgIpc) is 2.48. The Balaban J connectivity index is 2.28. The van der Waals surface area contributed by atoms with Gasteiger partial charge in [0, 0.05) is 10.6 Å². The highest BCUT2D eigenvalue weighted by Crippen LogP contribution is 2.34. The van der Waals surface area contributed by atoms with Gasteiger partial charge in [-0.05, 0) is 29.8 Å². The molecule has 0 bridgehead atoms. The number of hydrogen-bond donors (Lipinski definition) is 3. The predicted octanol–water partition coefficient (Wildman–Crippen LogP) is 3.45. The molecule has 0 spiro atoms. The molecule has 2 aromatic rings. The Kier molecular flexibility index (Phi) is 4.68. The average molecular weight is 293 g/mol. The first-order chi connectivity index (χ1) is 9.63. The largest absolute Gasteiger partial charge is 0.505 e. The monoisotopic (exact) mass is 292 g/mol. The second-order valence-electron chi connectivity index (χ2n) is 4.12. The molecule has 0 radical (unpaired) electrons. The molecule has 0 amide bonds. The molecular formula is C14H13ClN2O3. The third-order valence-corrected chi connectivity index (χ3v) is 2.91. The molecule has 3 N–H and O–H groups in total. The van der Waals surface area contributed by atoms with Crippen molar-refractivity contribution in [3.05, 3.63) is 52.5 Å². The molecule has 0 saturated heterocycles. The Bertz CT molecular complexity index is 627. The molecule has 0 fully saturated rings. The van der Waals surface area contributed by atoms with Crippen molar-refractivity contribution >= 4 is 23.0 Å². The second-order valence-corrected chi connectivity index (χ2v) is 4.55. The lowest BCUT2D eigenvalue weighted by Gasteiger charge is -2.04. The van der Waals surface area contributed by atoms with Crippen molar-refractivity contribution in [3.63, 3.8) is 0 Å². The highest BCUT2D eigenvalue weighted by atomic mass is 35.5. The number of rotatable bonds is 4. The van der Waals surface area contributed by atoms with Crippen LogP contribution < -0.4 is 0 Å². The summed E-state index contributed by atoms with van der Waals surface area (Å²) in [5.74, 6) is -0.146. The van der Waals surface area contributed by atoms with Crippen LogP contribution in [-0.2, 0) is 13.2 Å². The SMILES string of the molecule is OCc1ccc(/N=N/c2cc(Cl)cc(CO)c2O)cc1. The fourth-order valence-corrected chi connectivity index (χ4v) is 1.85. The van der Waals surface area contributed by atoms with Gasteiger partial charge in [0.2, 0.25) is 0 Å². The van der Waals surface area contributed by atoms with E-state index < -0.39 is 0 Å². The first-order valence-corrected chi connectivity index (χ1v) is 6.25. The Morgan fingerprint density at radius 1 is 0.950 bits per heavy atom. The van der Waals surface area contributed by atoms with Crippen LogP contribution in [0.3, 0.4) is 0 Å². The quantitative estimate of drug-likeness (QED) is 0.755. The first-order valence-electron chi connectivity index (χ1n) is 5.88. The van der Waals surface area contributed by atoms with Crippen LogP contribution >= 0.6 is 11.6 Å². The maximum absolute atomic E-state index is 9.87. The van der Waals surface area contributed by atoms with E-state index in [9.17, 15) is 5.11 Å². The Labute approximate surface area is 120 Å². The van der Waals surface area contributed by atoms with E-state index in [1.165, 1.54) is 12.1 Å². The van der Waals surface area contributed by atoms with Crippen molar-refractivity contribution in [2.45, 2.75) is 13.2 Å². The van der Waals surface area contributed by atoms with E-state index >= 15 is 0 Å². The van der Waals surface area contributed by atoms with Crippen LogP contribution in [0.15, 0.2) is 46.6 Å². The summed E-state index contributed by atoms with van der Waals surface area (Å²) < 4.78 is 0. The number of aliphatic hydroxyl groups is 2. The van der Waals surface area contributed by atoms with Crippen molar-refractivity contribution in [2.24, 2.45) is 10.2 Å². The van der Waals surface area contributed by atoms with Gasteiger partial charge < -0.3 is 15.3 Å². The fraction of sp³-hybridized carbons (Fsp3) is 0.143. The van der Waals surface area contributed by atoms with Gasteiger partial charge >= 0.3 is 0 Å². The minimum Gasteiger partial charge on any atom is -0.505 e. The molecule has 0 aromatic heterocycles. The standard InChI is InChI=1S/C14H13ClN2O3/c15-11-5-10(8-19)14(20)13(6-11)17-16-12-3-1-9(7-18)2-4-12/h1-6,18-20H,7-8H2/b17-16+. The van der Waals surface area contributed by atoms with E-state index in [0.29, 0.717) is 16.3 Å². The fourth-order valence-electron chi connectivity index (χ4n) is 1.62. The number of nitrogens with zero attached hydrogens (tertiary/aromatic N) is 2. The molecule has 0 atom stereocenters. The van der Waals surface area contributed by atoms with Crippen LogP contribution in [0.5, 0.6) is 5.75 Å². The van der Waals surface area contributed by atoms with Gasteiger partial charge in [-0.15, -0.1) is 5.11 Å². The predicted molar refractivity (Wildman–Crippen MR) is 75.6 cm³/mol. The summed E-state index contributed by atoms with van der Waals surface area (Å²) in [5.41, 5.74) is 1.83. The highest BCUT2D eigenvalue weighted by molar-refractivity contribution is 6.31. The molecule has 20 heavy (non-hydrogen) atoms. The smallest absolute Gasteiger partial charge is 0.148 e. The van der Waals surface area contributed by atoms with Crippen LogP contribution in [0.2, 0.25) is 5.02 Å². The van der Waals surface area contributed by atoms with Crippen molar-refractivity contribution in [1.29, 1.82) is 0 Å². The lowest BCUT2D eigenvalue weighted by molar-refractivity contribution is 0.275. The Morgan fingerprint density at radius 3 is 2.25 bits per heavy atom. The summed E-state index contributed by atoms with van der Waals surface area (Å²) in [4.78, 5) is 0. The van der Waals surface area contributed by atoms with E-state index in [2.05, 4.69) is 10.2 Å². The van der Waals surface area contributed by atoms with E-state index in [-0.39, 0.29) is 24.7 Å². The number of hydrogen-bond acceptors (Lipinski definition) is 5. The molecule has 104 valence electrons. The molecule has 0 saturated carbocycles. The maximum Gasteiger partial charge on any atom is 0.148 e. The molecule has 2 aromatic carbocycles. The van der Waals surface area contributed by atoms with Crippen molar-refractivity contribution in [2.75, 3.05) is 0 Å². The molecule has 0 aliphatic heterocycles. The molecule has 0 aliphatic rings. The third kappa shape index (κ3) is 3.33. The first kappa shape index (κ1) is 14.5. The number of aromatic hydroxyl groups is 1. The molecule has 0 aliphatic carbocycles. The number of azo groups is 1. The number of aliphatic hydroxyl groups excluding tert-OH is 2. The molecule has 5 nitrogen and oxygen atoms in total. The van der Waals surface area contributed by atoms with Gasteiger partial charge in [-0.2, -0.15) is 5.11 Å². The molecule has 6 heteroatoms. The van der Waals surface area contributed by atoms with Crippen LogP contribution in [-0.4, -0.2) is 15.3 Å². The number of phenols is 1. The summed E-state index contributed by atoms with van der Waals surface area (Å²) in [5, 5.41) is 36.1. The van der Waals surface area contributed by atoms with E-state index in [1.807, 2.05) is 0 Å². The van der Waals surface area contributed by atoms with Gasteiger partial charge in [0.1, 0.15) is 11.4 Å². The van der Waals surface area contributed by atoms with Gasteiger partial charge in [-0.1, -0.05) is 23.7 Å². The van der Waals surface area contributed by atoms with E-state index in [4.69, 9.17) is 21.8 Å². The van der Waals surface area contributed by atoms with Gasteiger partial charge in [-0.3, -0.25) is 0 Å². The summed E-state index contributed by atoms with van der Waals surface area (Å²) in [6, 6.07) is 9.78. The summed E-state index contributed by atoms with van der Waals surface area (Å²) >= 11 is 5.87. The van der Waals surface area contributed by atoms with Gasteiger partial charge in [0.05, 0.1) is 18.9 Å². The topological polar surface area (TPSA) is 85.4 Å². The number of halogens is 1. The summed E-state index contributed by atoms with van der Waals surface area (Å²) in [7, 11) is 0. The normalized spacial score (nSPS) is 11.2. The third-order valence-electron chi connectivity index (χ3n) is 2.70. The van der Waals surface area contributed by atoms with Gasteiger partial charge in [-0.25, -0.2) is 0 Å². The van der Waals surface area contributed by atoms with Crippen LogP contribution in [0.1, 0.15) is 11.1 Å².